The molecule has 0 unspecified atom stereocenters. The minimum Gasteiger partial charge on any atom is -0.475 e. The van der Waals surface area contributed by atoms with Crippen LogP contribution in [0.3, 0.4) is 0 Å². The standard InChI is InChI=1S/C13H14O3/c1-6-5-7(2)10-9(4)12(13(14)15)16-11(10)8(6)3/h5H,1-4H3,(H,14,15). The third kappa shape index (κ3) is 1.32. The van der Waals surface area contributed by atoms with Crippen LogP contribution in [0.4, 0.5) is 0 Å². The molecular formula is C13H14O3. The van der Waals surface area contributed by atoms with Gasteiger partial charge in [-0.1, -0.05) is 6.07 Å². The third-order valence-corrected chi connectivity index (χ3v) is 3.10. The second-order valence-electron chi connectivity index (χ2n) is 4.20. The van der Waals surface area contributed by atoms with Crippen LogP contribution in [-0.4, -0.2) is 11.1 Å². The Kier molecular flexibility index (Phi) is 2.26. The molecule has 0 spiro atoms. The first-order valence-electron chi connectivity index (χ1n) is 5.16. The molecule has 1 aromatic heterocycles. The number of carbonyl (C=O) groups is 1. The summed E-state index contributed by atoms with van der Waals surface area (Å²) < 4.78 is 5.45. The Labute approximate surface area is 93.7 Å². The van der Waals surface area contributed by atoms with E-state index in [0.29, 0.717) is 11.1 Å². The van der Waals surface area contributed by atoms with Crippen LogP contribution in [0.1, 0.15) is 32.8 Å². The molecule has 1 N–H and O–H groups in total. The number of hydrogen-bond donors (Lipinski definition) is 1. The van der Waals surface area contributed by atoms with Crippen LogP contribution >= 0.6 is 0 Å². The van der Waals surface area contributed by atoms with Gasteiger partial charge >= 0.3 is 5.97 Å². The fraction of sp³-hybridized carbons (Fsp3) is 0.308. The van der Waals surface area contributed by atoms with Gasteiger partial charge in [-0.3, -0.25) is 0 Å². The first kappa shape index (κ1) is 10.7. The molecule has 0 aliphatic heterocycles. The molecule has 0 aliphatic carbocycles. The number of carboxylic acid groups (broad SMARTS) is 1. The zero-order valence-electron chi connectivity index (χ0n) is 9.84. The zero-order valence-corrected chi connectivity index (χ0v) is 9.84. The van der Waals surface area contributed by atoms with E-state index in [1.807, 2.05) is 20.8 Å². The molecule has 0 aliphatic rings. The fourth-order valence-corrected chi connectivity index (χ4v) is 2.14. The van der Waals surface area contributed by atoms with Crippen molar-refractivity contribution in [3.8, 4) is 0 Å². The van der Waals surface area contributed by atoms with Crippen molar-refractivity contribution in [2.75, 3.05) is 0 Å². The lowest BCUT2D eigenvalue weighted by molar-refractivity contribution is 0.0664. The van der Waals surface area contributed by atoms with Crippen molar-refractivity contribution in [2.45, 2.75) is 27.7 Å². The molecule has 16 heavy (non-hydrogen) atoms. The highest BCUT2D eigenvalue weighted by Gasteiger charge is 2.19. The number of furan rings is 1. The van der Waals surface area contributed by atoms with E-state index in [1.165, 1.54) is 0 Å². The summed E-state index contributed by atoms with van der Waals surface area (Å²) in [5.74, 6) is -0.961. The lowest BCUT2D eigenvalue weighted by Crippen LogP contribution is -1.95. The average Bonchev–Trinajstić information content (AvgIpc) is 2.53. The Balaban J connectivity index is 2.96. The Morgan fingerprint density at radius 2 is 1.75 bits per heavy atom. The summed E-state index contributed by atoms with van der Waals surface area (Å²) in [6, 6.07) is 2.06. The summed E-state index contributed by atoms with van der Waals surface area (Å²) in [5, 5.41) is 9.96. The maximum Gasteiger partial charge on any atom is 0.372 e. The number of hydrogen-bond acceptors (Lipinski definition) is 2. The molecule has 0 saturated heterocycles. The van der Waals surface area contributed by atoms with Crippen LogP contribution < -0.4 is 0 Å². The van der Waals surface area contributed by atoms with Gasteiger partial charge in [-0.15, -0.1) is 0 Å². The van der Waals surface area contributed by atoms with Crippen LogP contribution in [0.2, 0.25) is 0 Å². The van der Waals surface area contributed by atoms with Gasteiger partial charge in [0.15, 0.2) is 0 Å². The van der Waals surface area contributed by atoms with Gasteiger partial charge in [0.25, 0.3) is 0 Å². The number of fused-ring (bicyclic) bond motifs is 1. The first-order valence-corrected chi connectivity index (χ1v) is 5.16. The number of rotatable bonds is 1. The molecule has 3 nitrogen and oxygen atoms in total. The second-order valence-corrected chi connectivity index (χ2v) is 4.20. The van der Waals surface area contributed by atoms with Crippen LogP contribution in [-0.2, 0) is 0 Å². The quantitative estimate of drug-likeness (QED) is 0.798. The molecule has 0 fully saturated rings. The molecule has 0 atom stereocenters. The largest absolute Gasteiger partial charge is 0.475 e. The van der Waals surface area contributed by atoms with Crippen LogP contribution in [0, 0.1) is 27.7 Å². The first-order chi connectivity index (χ1) is 7.43. The molecule has 3 heteroatoms. The lowest BCUT2D eigenvalue weighted by atomic mass is 10.00. The predicted molar refractivity (Wildman–Crippen MR) is 62.1 cm³/mol. The van der Waals surface area contributed by atoms with Gasteiger partial charge < -0.3 is 9.52 Å². The van der Waals surface area contributed by atoms with Crippen molar-refractivity contribution < 1.29 is 14.3 Å². The van der Waals surface area contributed by atoms with E-state index in [0.717, 1.165) is 22.1 Å². The molecular weight excluding hydrogens is 204 g/mol. The number of aromatic carboxylic acids is 1. The van der Waals surface area contributed by atoms with E-state index in [4.69, 9.17) is 9.52 Å². The van der Waals surface area contributed by atoms with Crippen LogP contribution in [0.5, 0.6) is 0 Å². The van der Waals surface area contributed by atoms with Gasteiger partial charge in [0.05, 0.1) is 0 Å². The molecule has 0 amide bonds. The SMILES string of the molecule is Cc1cc(C)c2c(C)c(C(=O)O)oc2c1C. The summed E-state index contributed by atoms with van der Waals surface area (Å²) >= 11 is 0. The second kappa shape index (κ2) is 3.37. The van der Waals surface area contributed by atoms with E-state index in [-0.39, 0.29) is 5.76 Å². The van der Waals surface area contributed by atoms with Crippen LogP contribution in [0.25, 0.3) is 11.0 Å². The molecule has 1 aromatic carbocycles. The topological polar surface area (TPSA) is 50.4 Å². The van der Waals surface area contributed by atoms with Gasteiger partial charge in [0, 0.05) is 10.9 Å². The predicted octanol–water partition coefficient (Wildman–Crippen LogP) is 3.36. The summed E-state index contributed by atoms with van der Waals surface area (Å²) in [7, 11) is 0. The lowest BCUT2D eigenvalue weighted by Gasteiger charge is -2.03. The number of carboxylic acids is 1. The number of aryl methyl sites for hydroxylation is 4. The van der Waals surface area contributed by atoms with E-state index >= 15 is 0 Å². The molecule has 0 radical (unpaired) electrons. The third-order valence-electron chi connectivity index (χ3n) is 3.10. The molecule has 2 rings (SSSR count). The molecule has 0 bridgehead atoms. The van der Waals surface area contributed by atoms with Gasteiger partial charge in [-0.05, 0) is 44.4 Å². The minimum atomic E-state index is -1.01. The summed E-state index contributed by atoms with van der Waals surface area (Å²) in [4.78, 5) is 11.0. The van der Waals surface area contributed by atoms with Crippen molar-refractivity contribution in [3.63, 3.8) is 0 Å². The van der Waals surface area contributed by atoms with Crippen molar-refractivity contribution in [2.24, 2.45) is 0 Å². The molecule has 84 valence electrons. The zero-order chi connectivity index (χ0) is 12.0. The Bertz CT molecular complexity index is 591. The summed E-state index contributed by atoms with van der Waals surface area (Å²) in [6.07, 6.45) is 0. The van der Waals surface area contributed by atoms with Crippen molar-refractivity contribution in [1.82, 2.24) is 0 Å². The highest BCUT2D eigenvalue weighted by atomic mass is 16.4. The van der Waals surface area contributed by atoms with E-state index in [2.05, 4.69) is 6.07 Å². The van der Waals surface area contributed by atoms with Crippen molar-refractivity contribution >= 4 is 16.9 Å². The van der Waals surface area contributed by atoms with Crippen molar-refractivity contribution in [1.29, 1.82) is 0 Å². The van der Waals surface area contributed by atoms with Gasteiger partial charge in [0.1, 0.15) is 5.58 Å². The summed E-state index contributed by atoms with van der Waals surface area (Å²) in [6.45, 7) is 7.71. The van der Waals surface area contributed by atoms with Gasteiger partial charge in [-0.25, -0.2) is 4.79 Å². The van der Waals surface area contributed by atoms with Gasteiger partial charge in [0.2, 0.25) is 5.76 Å². The van der Waals surface area contributed by atoms with E-state index in [9.17, 15) is 4.79 Å². The Hall–Kier alpha value is -1.77. The highest BCUT2D eigenvalue weighted by Crippen LogP contribution is 2.32. The molecule has 0 saturated carbocycles. The van der Waals surface area contributed by atoms with E-state index in [1.54, 1.807) is 6.92 Å². The number of benzene rings is 1. The Morgan fingerprint density at radius 3 is 2.31 bits per heavy atom. The minimum absolute atomic E-state index is 0.0480. The maximum atomic E-state index is 11.0. The van der Waals surface area contributed by atoms with Crippen LogP contribution in [0.15, 0.2) is 10.5 Å². The fourth-order valence-electron chi connectivity index (χ4n) is 2.14. The molecule has 1 heterocycles. The molecule has 2 aromatic rings. The Morgan fingerprint density at radius 1 is 1.12 bits per heavy atom. The smallest absolute Gasteiger partial charge is 0.372 e. The van der Waals surface area contributed by atoms with E-state index < -0.39 is 5.97 Å². The van der Waals surface area contributed by atoms with Crippen molar-refractivity contribution in [3.05, 3.63) is 34.1 Å². The summed E-state index contributed by atoms with van der Waals surface area (Å²) in [5.41, 5.74) is 4.61. The monoisotopic (exact) mass is 218 g/mol. The highest BCUT2D eigenvalue weighted by molar-refractivity contribution is 5.97. The van der Waals surface area contributed by atoms with Gasteiger partial charge in [-0.2, -0.15) is 0 Å². The average molecular weight is 218 g/mol. The maximum absolute atomic E-state index is 11.0. The normalized spacial score (nSPS) is 11.0.